The highest BCUT2D eigenvalue weighted by Gasteiger charge is 1.96. The molecule has 1 N–H and O–H groups in total. The van der Waals surface area contributed by atoms with Crippen LogP contribution in [0.2, 0.25) is 0 Å². The van der Waals surface area contributed by atoms with Crippen molar-refractivity contribution < 1.29 is 0 Å². The molecule has 0 aliphatic heterocycles. The average Bonchev–Trinajstić information content (AvgIpc) is 2.65. The summed E-state index contributed by atoms with van der Waals surface area (Å²) in [6.45, 7) is 0. The number of fused-ring (bicyclic) bond motifs is 1. The number of aromatic amines is 1. The Morgan fingerprint density at radius 3 is 3.29 bits per heavy atom. The smallest absolute Gasteiger partial charge is 0.156 e. The Bertz CT molecular complexity index is 493. The highest BCUT2D eigenvalue weighted by molar-refractivity contribution is 7.80. The van der Waals surface area contributed by atoms with Crippen molar-refractivity contribution in [1.29, 1.82) is 0 Å². The lowest BCUT2D eigenvalue weighted by Gasteiger charge is -1.89. The second-order valence-corrected chi connectivity index (χ2v) is 3.19. The second kappa shape index (κ2) is 4.16. The number of nitrogens with zero attached hydrogens (tertiary/aromatic N) is 2. The molecule has 0 bridgehead atoms. The predicted molar refractivity (Wildman–Crippen MR) is 59.2 cm³/mol. The van der Waals surface area contributed by atoms with Crippen LogP contribution < -0.4 is 0 Å². The molecule has 14 heavy (non-hydrogen) atoms. The third kappa shape index (κ3) is 1.88. The zero-order valence-corrected chi connectivity index (χ0v) is 8.38. The minimum Gasteiger partial charge on any atom is -0.345 e. The van der Waals surface area contributed by atoms with Crippen LogP contribution in [0.25, 0.3) is 11.2 Å². The van der Waals surface area contributed by atoms with Gasteiger partial charge in [-0.15, -0.1) is 0 Å². The van der Waals surface area contributed by atoms with Crippen LogP contribution in [-0.2, 0) is 0 Å². The van der Waals surface area contributed by atoms with E-state index < -0.39 is 0 Å². The van der Waals surface area contributed by atoms with Gasteiger partial charge in [0.15, 0.2) is 5.65 Å². The summed E-state index contributed by atoms with van der Waals surface area (Å²) in [4.78, 5) is 11.5. The fraction of sp³-hybridized carbons (Fsp3) is 0.200. The van der Waals surface area contributed by atoms with Crippen LogP contribution in [0.3, 0.4) is 0 Å². The summed E-state index contributed by atoms with van der Waals surface area (Å²) < 4.78 is 0. The zero-order valence-electron chi connectivity index (χ0n) is 7.49. The third-order valence-corrected chi connectivity index (χ3v) is 1.94. The minimum absolute atomic E-state index is 0.707. The highest BCUT2D eigenvalue weighted by Crippen LogP contribution is 2.05. The number of nitrogens with one attached hydrogen (secondary N) is 1. The maximum Gasteiger partial charge on any atom is 0.156 e. The van der Waals surface area contributed by atoms with E-state index in [1.54, 1.807) is 6.20 Å². The quantitative estimate of drug-likeness (QED) is 0.546. The van der Waals surface area contributed by atoms with E-state index in [0.29, 0.717) is 5.69 Å². The monoisotopic (exact) mass is 203 g/mol. The van der Waals surface area contributed by atoms with Crippen LogP contribution in [0.1, 0.15) is 12.1 Å². The second-order valence-electron chi connectivity index (χ2n) is 2.74. The Morgan fingerprint density at radius 1 is 1.50 bits per heavy atom. The van der Waals surface area contributed by atoms with Crippen LogP contribution in [0.15, 0.2) is 18.5 Å². The van der Waals surface area contributed by atoms with E-state index in [1.807, 2.05) is 12.3 Å². The molecule has 0 unspecified atom stereocenters. The fourth-order valence-corrected chi connectivity index (χ4v) is 1.21. The maximum atomic E-state index is 4.31. The molecule has 0 atom stereocenters. The van der Waals surface area contributed by atoms with E-state index in [4.69, 9.17) is 0 Å². The summed E-state index contributed by atoms with van der Waals surface area (Å²) in [5, 5.41) is 0. The van der Waals surface area contributed by atoms with Crippen molar-refractivity contribution in [2.45, 2.75) is 6.42 Å². The number of hydrogen-bond acceptors (Lipinski definition) is 3. The molecule has 0 amide bonds. The number of rotatable bonds is 1. The van der Waals surface area contributed by atoms with Crippen LogP contribution in [0, 0.1) is 11.8 Å². The highest BCUT2D eigenvalue weighted by atomic mass is 32.1. The van der Waals surface area contributed by atoms with Gasteiger partial charge >= 0.3 is 0 Å². The summed E-state index contributed by atoms with van der Waals surface area (Å²) in [5.41, 5.74) is 2.35. The van der Waals surface area contributed by atoms with Gasteiger partial charge in [-0.3, -0.25) is 0 Å². The zero-order chi connectivity index (χ0) is 9.80. The van der Waals surface area contributed by atoms with Crippen molar-refractivity contribution in [2.24, 2.45) is 0 Å². The molecule has 0 saturated heterocycles. The number of thiol groups is 1. The molecule has 0 aromatic carbocycles. The SMILES string of the molecule is SCCC#Cc1cnc2[nH]ccc2n1. The summed E-state index contributed by atoms with van der Waals surface area (Å²) in [6.07, 6.45) is 4.26. The van der Waals surface area contributed by atoms with Crippen molar-refractivity contribution in [1.82, 2.24) is 15.0 Å². The van der Waals surface area contributed by atoms with Crippen LogP contribution >= 0.6 is 12.6 Å². The van der Waals surface area contributed by atoms with E-state index in [9.17, 15) is 0 Å². The van der Waals surface area contributed by atoms with Gasteiger partial charge in [0.25, 0.3) is 0 Å². The average molecular weight is 203 g/mol. The molecule has 0 radical (unpaired) electrons. The maximum absolute atomic E-state index is 4.31. The molecule has 0 saturated carbocycles. The van der Waals surface area contributed by atoms with Crippen LogP contribution in [0.4, 0.5) is 0 Å². The fourth-order valence-electron chi connectivity index (χ4n) is 1.10. The lowest BCUT2D eigenvalue weighted by atomic mass is 10.4. The van der Waals surface area contributed by atoms with E-state index in [0.717, 1.165) is 23.3 Å². The van der Waals surface area contributed by atoms with Gasteiger partial charge in [-0.1, -0.05) is 5.92 Å². The molecule has 2 rings (SSSR count). The van der Waals surface area contributed by atoms with Gasteiger partial charge in [-0.05, 0) is 12.0 Å². The molecule has 0 fully saturated rings. The molecule has 0 aliphatic rings. The first-order chi connectivity index (χ1) is 6.90. The molecule has 4 heteroatoms. The van der Waals surface area contributed by atoms with Crippen LogP contribution in [0.5, 0.6) is 0 Å². The van der Waals surface area contributed by atoms with Gasteiger partial charge in [0.05, 0.1) is 6.20 Å². The largest absolute Gasteiger partial charge is 0.345 e. The van der Waals surface area contributed by atoms with E-state index in [1.165, 1.54) is 0 Å². The van der Waals surface area contributed by atoms with Crippen LogP contribution in [-0.4, -0.2) is 20.7 Å². The third-order valence-electron chi connectivity index (χ3n) is 1.71. The first-order valence-corrected chi connectivity index (χ1v) is 4.93. The first kappa shape index (κ1) is 9.10. The van der Waals surface area contributed by atoms with Gasteiger partial charge < -0.3 is 4.98 Å². The van der Waals surface area contributed by atoms with Crippen molar-refractivity contribution in [3.63, 3.8) is 0 Å². The molecule has 2 aromatic rings. The predicted octanol–water partition coefficient (Wildman–Crippen LogP) is 1.63. The Balaban J connectivity index is 2.31. The Labute approximate surface area is 87.4 Å². The van der Waals surface area contributed by atoms with Crippen molar-refractivity contribution in [2.75, 3.05) is 5.75 Å². The molecule has 0 aliphatic carbocycles. The summed E-state index contributed by atoms with van der Waals surface area (Å²) >= 11 is 4.07. The lowest BCUT2D eigenvalue weighted by molar-refractivity contribution is 1.23. The van der Waals surface area contributed by atoms with Crippen molar-refractivity contribution in [3.8, 4) is 11.8 Å². The van der Waals surface area contributed by atoms with E-state index in [2.05, 4.69) is 39.4 Å². The van der Waals surface area contributed by atoms with E-state index >= 15 is 0 Å². The summed E-state index contributed by atoms with van der Waals surface area (Å²) in [7, 11) is 0. The number of H-pyrrole nitrogens is 1. The Kier molecular flexibility index (Phi) is 2.70. The Morgan fingerprint density at radius 2 is 2.43 bits per heavy atom. The molecule has 3 nitrogen and oxygen atoms in total. The van der Waals surface area contributed by atoms with Gasteiger partial charge in [-0.2, -0.15) is 12.6 Å². The van der Waals surface area contributed by atoms with Crippen molar-refractivity contribution >= 4 is 23.8 Å². The number of aromatic nitrogens is 3. The summed E-state index contributed by atoms with van der Waals surface area (Å²) in [5.74, 6) is 6.68. The van der Waals surface area contributed by atoms with Gasteiger partial charge in [0.2, 0.25) is 0 Å². The van der Waals surface area contributed by atoms with Crippen molar-refractivity contribution in [3.05, 3.63) is 24.2 Å². The summed E-state index contributed by atoms with van der Waals surface area (Å²) in [6, 6.07) is 1.88. The molecule has 70 valence electrons. The van der Waals surface area contributed by atoms with E-state index in [-0.39, 0.29) is 0 Å². The molecule has 0 spiro atoms. The van der Waals surface area contributed by atoms with Gasteiger partial charge in [0.1, 0.15) is 11.2 Å². The molecule has 2 aromatic heterocycles. The molecular formula is C10H9N3S. The first-order valence-electron chi connectivity index (χ1n) is 4.30. The normalized spacial score (nSPS) is 9.79. The molecule has 2 heterocycles. The standard InChI is InChI=1S/C10H9N3S/c14-6-2-1-3-8-7-12-10-9(13-8)4-5-11-10/h4-5,7,14H,2,6H2,(H,11,12). The Hall–Kier alpha value is -1.47. The molecular weight excluding hydrogens is 194 g/mol. The van der Waals surface area contributed by atoms with Gasteiger partial charge in [0, 0.05) is 18.4 Å². The lowest BCUT2D eigenvalue weighted by Crippen LogP contribution is -1.85. The minimum atomic E-state index is 0.707. The number of hydrogen-bond donors (Lipinski definition) is 2. The van der Waals surface area contributed by atoms with Gasteiger partial charge in [-0.25, -0.2) is 9.97 Å². The topological polar surface area (TPSA) is 41.6 Å².